The third-order valence-corrected chi connectivity index (χ3v) is 4.13. The lowest BCUT2D eigenvalue weighted by Crippen LogP contribution is -2.50. The fourth-order valence-electron chi connectivity index (χ4n) is 2.41. The summed E-state index contributed by atoms with van der Waals surface area (Å²) in [4.78, 5) is 29.1. The Hall–Kier alpha value is -2.41. The van der Waals surface area contributed by atoms with E-state index >= 15 is 0 Å². The molecule has 0 saturated carbocycles. The third-order valence-electron chi connectivity index (χ3n) is 3.44. The van der Waals surface area contributed by atoms with E-state index in [4.69, 9.17) is 0 Å². The zero-order valence-corrected chi connectivity index (χ0v) is 11.8. The van der Waals surface area contributed by atoms with Gasteiger partial charge in [-0.25, -0.2) is 14.6 Å². The van der Waals surface area contributed by atoms with Gasteiger partial charge in [-0.05, 0) is 11.1 Å². The van der Waals surface area contributed by atoms with E-state index in [-0.39, 0.29) is 6.54 Å². The highest BCUT2D eigenvalue weighted by atomic mass is 32.1. The van der Waals surface area contributed by atoms with Crippen LogP contribution in [0.5, 0.6) is 0 Å². The quantitative estimate of drug-likeness (QED) is 0.891. The van der Waals surface area contributed by atoms with E-state index in [0.717, 1.165) is 11.1 Å². The van der Waals surface area contributed by atoms with Crippen molar-refractivity contribution in [2.24, 2.45) is 0 Å². The molecule has 1 atom stereocenters. The zero-order valence-electron chi connectivity index (χ0n) is 11.0. The minimum Gasteiger partial charge on any atom is -0.480 e. The van der Waals surface area contributed by atoms with Gasteiger partial charge in [0.15, 0.2) is 5.13 Å². The SMILES string of the molecule is O=C(O)[C@@H]1Cc2ccccc2CN1C(=O)Nc1nccs1. The number of nitrogens with one attached hydrogen (secondary N) is 1. The Bertz CT molecular complexity index is 672. The molecule has 1 aromatic heterocycles. The Labute approximate surface area is 125 Å². The predicted octanol–water partition coefficient (Wildman–Crippen LogP) is 2.19. The lowest BCUT2D eigenvalue weighted by Gasteiger charge is -2.34. The Balaban J connectivity index is 1.85. The second-order valence-electron chi connectivity index (χ2n) is 4.72. The number of carbonyl (C=O) groups excluding carboxylic acids is 1. The summed E-state index contributed by atoms with van der Waals surface area (Å²) in [6.07, 6.45) is 1.90. The summed E-state index contributed by atoms with van der Waals surface area (Å²) in [5.74, 6) is -1.00. The molecule has 2 amide bonds. The second kappa shape index (κ2) is 5.53. The number of thiazole rings is 1. The molecule has 6 nitrogen and oxygen atoms in total. The molecular weight excluding hydrogens is 290 g/mol. The van der Waals surface area contributed by atoms with E-state index in [0.29, 0.717) is 11.6 Å². The van der Waals surface area contributed by atoms with Gasteiger partial charge in [-0.3, -0.25) is 5.32 Å². The molecule has 0 fully saturated rings. The number of carbonyl (C=O) groups is 2. The van der Waals surface area contributed by atoms with Crippen molar-refractivity contribution in [2.75, 3.05) is 5.32 Å². The molecule has 1 aromatic carbocycles. The first-order valence-corrected chi connectivity index (χ1v) is 7.30. The number of anilines is 1. The van der Waals surface area contributed by atoms with Crippen LogP contribution in [0.15, 0.2) is 35.8 Å². The van der Waals surface area contributed by atoms with Gasteiger partial charge in [-0.2, -0.15) is 0 Å². The molecule has 0 saturated heterocycles. The normalized spacial score (nSPS) is 17.1. The van der Waals surface area contributed by atoms with Gasteiger partial charge in [0.25, 0.3) is 0 Å². The van der Waals surface area contributed by atoms with E-state index in [9.17, 15) is 14.7 Å². The van der Waals surface area contributed by atoms with Gasteiger partial charge in [0.2, 0.25) is 0 Å². The van der Waals surface area contributed by atoms with E-state index in [1.165, 1.54) is 16.2 Å². The summed E-state index contributed by atoms with van der Waals surface area (Å²) in [5.41, 5.74) is 1.95. The molecule has 0 unspecified atom stereocenters. The summed E-state index contributed by atoms with van der Waals surface area (Å²) in [5, 5.41) is 14.2. The van der Waals surface area contributed by atoms with Crippen LogP contribution < -0.4 is 5.32 Å². The molecule has 2 aromatic rings. The van der Waals surface area contributed by atoms with Crippen molar-refractivity contribution < 1.29 is 14.7 Å². The fraction of sp³-hybridized carbons (Fsp3) is 0.214. The number of hydrogen-bond donors (Lipinski definition) is 2. The number of carboxylic acid groups (broad SMARTS) is 1. The van der Waals surface area contributed by atoms with Crippen LogP contribution in [0.4, 0.5) is 9.93 Å². The van der Waals surface area contributed by atoms with Crippen LogP contribution in [-0.2, 0) is 17.8 Å². The van der Waals surface area contributed by atoms with Gasteiger partial charge in [0.1, 0.15) is 6.04 Å². The monoisotopic (exact) mass is 303 g/mol. The number of carboxylic acids is 1. The van der Waals surface area contributed by atoms with Gasteiger partial charge in [-0.15, -0.1) is 11.3 Å². The van der Waals surface area contributed by atoms with Gasteiger partial charge in [0.05, 0.1) is 0 Å². The minimum atomic E-state index is -1.00. The Morgan fingerprint density at radius 1 is 1.33 bits per heavy atom. The summed E-state index contributed by atoms with van der Waals surface area (Å²) in [7, 11) is 0. The number of nitrogens with zero attached hydrogens (tertiary/aromatic N) is 2. The zero-order chi connectivity index (χ0) is 14.8. The smallest absolute Gasteiger partial charge is 0.326 e. The number of fused-ring (bicyclic) bond motifs is 1. The second-order valence-corrected chi connectivity index (χ2v) is 5.62. The van der Waals surface area contributed by atoms with Gasteiger partial charge >= 0.3 is 12.0 Å². The van der Waals surface area contributed by atoms with Crippen LogP contribution in [0.3, 0.4) is 0 Å². The molecular formula is C14H13N3O3S. The van der Waals surface area contributed by atoms with Crippen LogP contribution >= 0.6 is 11.3 Å². The molecule has 2 N–H and O–H groups in total. The van der Waals surface area contributed by atoms with Crippen LogP contribution in [0.25, 0.3) is 0 Å². The van der Waals surface area contributed by atoms with E-state index in [2.05, 4.69) is 10.3 Å². The maximum absolute atomic E-state index is 12.3. The molecule has 1 aliphatic rings. The molecule has 0 aliphatic carbocycles. The molecule has 2 heterocycles. The van der Waals surface area contributed by atoms with Crippen LogP contribution in [0.2, 0.25) is 0 Å². The van der Waals surface area contributed by atoms with Crippen molar-refractivity contribution in [1.29, 1.82) is 0 Å². The van der Waals surface area contributed by atoms with E-state index in [1.54, 1.807) is 11.6 Å². The number of aliphatic carboxylic acids is 1. The number of amides is 2. The summed E-state index contributed by atoms with van der Waals surface area (Å²) in [6, 6.07) is 6.28. The molecule has 7 heteroatoms. The third kappa shape index (κ3) is 2.73. The molecule has 0 spiro atoms. The lowest BCUT2D eigenvalue weighted by molar-refractivity contribution is -0.142. The highest BCUT2D eigenvalue weighted by Crippen LogP contribution is 2.24. The minimum absolute atomic E-state index is 0.282. The van der Waals surface area contributed by atoms with Crippen LogP contribution in [0, 0.1) is 0 Å². The van der Waals surface area contributed by atoms with Crippen LogP contribution in [-0.4, -0.2) is 33.0 Å². The molecule has 0 bridgehead atoms. The average Bonchev–Trinajstić information content (AvgIpc) is 2.98. The Morgan fingerprint density at radius 3 is 2.76 bits per heavy atom. The molecule has 108 valence electrons. The Morgan fingerprint density at radius 2 is 2.10 bits per heavy atom. The first kappa shape index (κ1) is 13.6. The van der Waals surface area contributed by atoms with Crippen LogP contribution in [0.1, 0.15) is 11.1 Å². The summed E-state index contributed by atoms with van der Waals surface area (Å²) < 4.78 is 0. The van der Waals surface area contributed by atoms with E-state index in [1.807, 2.05) is 24.3 Å². The van der Waals surface area contributed by atoms with Crippen molar-refractivity contribution in [2.45, 2.75) is 19.0 Å². The first-order valence-electron chi connectivity index (χ1n) is 6.42. The van der Waals surface area contributed by atoms with Gasteiger partial charge in [0, 0.05) is 24.5 Å². The van der Waals surface area contributed by atoms with Crippen molar-refractivity contribution in [3.05, 3.63) is 47.0 Å². The molecule has 3 rings (SSSR count). The Kier molecular flexibility index (Phi) is 3.57. The van der Waals surface area contributed by atoms with Gasteiger partial charge < -0.3 is 10.0 Å². The summed E-state index contributed by atoms with van der Waals surface area (Å²) >= 11 is 1.29. The number of urea groups is 1. The van der Waals surface area contributed by atoms with Gasteiger partial charge in [-0.1, -0.05) is 24.3 Å². The average molecular weight is 303 g/mol. The summed E-state index contributed by atoms with van der Waals surface area (Å²) in [6.45, 7) is 0.282. The number of rotatable bonds is 2. The van der Waals surface area contributed by atoms with E-state index < -0.39 is 18.0 Å². The highest BCUT2D eigenvalue weighted by molar-refractivity contribution is 7.13. The van der Waals surface area contributed by atoms with Crippen molar-refractivity contribution in [3.63, 3.8) is 0 Å². The van der Waals surface area contributed by atoms with Crippen molar-refractivity contribution in [3.8, 4) is 0 Å². The fourth-order valence-corrected chi connectivity index (χ4v) is 2.92. The number of aromatic nitrogens is 1. The predicted molar refractivity (Wildman–Crippen MR) is 78.2 cm³/mol. The standard InChI is InChI=1S/C14H13N3O3S/c18-12(19)11-7-9-3-1-2-4-10(9)8-17(11)14(20)16-13-15-5-6-21-13/h1-6,11H,7-8H2,(H,18,19)(H,15,16,20)/t11-/m0/s1. The maximum Gasteiger partial charge on any atom is 0.326 e. The molecule has 1 aliphatic heterocycles. The lowest BCUT2D eigenvalue weighted by atomic mass is 9.94. The molecule has 21 heavy (non-hydrogen) atoms. The molecule has 0 radical (unpaired) electrons. The van der Waals surface area contributed by atoms with Crippen molar-refractivity contribution in [1.82, 2.24) is 9.88 Å². The highest BCUT2D eigenvalue weighted by Gasteiger charge is 2.34. The topological polar surface area (TPSA) is 82.5 Å². The number of benzene rings is 1. The number of hydrogen-bond acceptors (Lipinski definition) is 4. The maximum atomic E-state index is 12.3. The van der Waals surface area contributed by atoms with Crippen molar-refractivity contribution >= 4 is 28.5 Å². The first-order chi connectivity index (χ1) is 10.1. The largest absolute Gasteiger partial charge is 0.480 e.